The third-order valence-electron chi connectivity index (χ3n) is 5.01. The molecule has 1 heterocycles. The highest BCUT2D eigenvalue weighted by molar-refractivity contribution is 4.81. The Balaban J connectivity index is 1.89. The van der Waals surface area contributed by atoms with Crippen LogP contribution in [0, 0.1) is 5.92 Å². The van der Waals surface area contributed by atoms with Crippen LogP contribution in [0.2, 0.25) is 0 Å². The Labute approximate surface area is 114 Å². The first-order chi connectivity index (χ1) is 8.65. The zero-order valence-electron chi connectivity index (χ0n) is 12.6. The highest BCUT2D eigenvalue weighted by Gasteiger charge is 2.24. The lowest BCUT2D eigenvalue weighted by atomic mass is 10.0. The lowest BCUT2D eigenvalue weighted by Gasteiger charge is -2.36. The SMILES string of the molecule is CC1CCCC(N2CCC(C)NC(C)CC2)CC1. The molecule has 4 unspecified atom stereocenters. The van der Waals surface area contributed by atoms with Gasteiger partial charge in [-0.3, -0.25) is 0 Å². The molecule has 1 aliphatic heterocycles. The molecule has 0 aromatic heterocycles. The number of nitrogens with zero attached hydrogens (tertiary/aromatic N) is 1. The van der Waals surface area contributed by atoms with Crippen LogP contribution in [0.15, 0.2) is 0 Å². The van der Waals surface area contributed by atoms with E-state index in [1.807, 2.05) is 0 Å². The van der Waals surface area contributed by atoms with Gasteiger partial charge >= 0.3 is 0 Å². The first-order valence-corrected chi connectivity index (χ1v) is 8.15. The molecule has 0 aromatic rings. The van der Waals surface area contributed by atoms with Crippen molar-refractivity contribution in [3.8, 4) is 0 Å². The number of hydrogen-bond acceptors (Lipinski definition) is 2. The van der Waals surface area contributed by atoms with Gasteiger partial charge in [0.2, 0.25) is 0 Å². The molecular formula is C16H32N2. The molecule has 2 heteroatoms. The number of rotatable bonds is 1. The van der Waals surface area contributed by atoms with E-state index in [1.54, 1.807) is 0 Å². The average Bonchev–Trinajstić information content (AvgIpc) is 2.52. The molecule has 106 valence electrons. The maximum absolute atomic E-state index is 3.70. The zero-order chi connectivity index (χ0) is 13.0. The van der Waals surface area contributed by atoms with E-state index in [4.69, 9.17) is 0 Å². The Hall–Kier alpha value is -0.0800. The standard InChI is InChI=1S/C16H32N2/c1-13-5-4-6-16(8-7-13)18-11-9-14(2)17-15(3)10-12-18/h13-17H,4-12H2,1-3H3. The molecule has 0 amide bonds. The minimum Gasteiger partial charge on any atom is -0.312 e. The zero-order valence-corrected chi connectivity index (χ0v) is 12.6. The third kappa shape index (κ3) is 4.24. The van der Waals surface area contributed by atoms with E-state index in [-0.39, 0.29) is 0 Å². The lowest BCUT2D eigenvalue weighted by Crippen LogP contribution is -2.46. The maximum atomic E-state index is 3.70. The van der Waals surface area contributed by atoms with Gasteiger partial charge in [0.1, 0.15) is 0 Å². The van der Waals surface area contributed by atoms with E-state index in [2.05, 4.69) is 31.0 Å². The van der Waals surface area contributed by atoms with Gasteiger partial charge in [-0.15, -0.1) is 0 Å². The fraction of sp³-hybridized carbons (Fsp3) is 1.00. The van der Waals surface area contributed by atoms with E-state index in [1.165, 1.54) is 58.0 Å². The first-order valence-electron chi connectivity index (χ1n) is 8.15. The molecule has 2 rings (SSSR count). The molecule has 2 aliphatic rings. The Bertz CT molecular complexity index is 229. The average molecular weight is 252 g/mol. The summed E-state index contributed by atoms with van der Waals surface area (Å²) in [5.41, 5.74) is 0. The number of hydrogen-bond donors (Lipinski definition) is 1. The number of nitrogens with one attached hydrogen (secondary N) is 1. The van der Waals surface area contributed by atoms with Crippen molar-refractivity contribution < 1.29 is 0 Å². The molecule has 0 radical (unpaired) electrons. The van der Waals surface area contributed by atoms with E-state index >= 15 is 0 Å². The van der Waals surface area contributed by atoms with Gasteiger partial charge in [0.05, 0.1) is 0 Å². The van der Waals surface area contributed by atoms with Gasteiger partial charge in [-0.1, -0.05) is 19.8 Å². The Morgan fingerprint density at radius 2 is 1.44 bits per heavy atom. The second kappa shape index (κ2) is 6.91. The molecule has 2 fully saturated rings. The summed E-state index contributed by atoms with van der Waals surface area (Å²) in [5.74, 6) is 0.962. The molecule has 4 atom stereocenters. The normalized spacial score (nSPS) is 40.8. The van der Waals surface area contributed by atoms with Crippen LogP contribution in [0.4, 0.5) is 0 Å². The predicted molar refractivity (Wildman–Crippen MR) is 78.9 cm³/mol. The molecule has 2 nitrogen and oxygen atoms in total. The monoisotopic (exact) mass is 252 g/mol. The first kappa shape index (κ1) is 14.3. The van der Waals surface area contributed by atoms with Crippen LogP contribution in [-0.4, -0.2) is 36.1 Å². The summed E-state index contributed by atoms with van der Waals surface area (Å²) in [4.78, 5) is 2.81. The molecule has 1 N–H and O–H groups in total. The van der Waals surface area contributed by atoms with Crippen LogP contribution in [0.5, 0.6) is 0 Å². The quantitative estimate of drug-likeness (QED) is 0.719. The van der Waals surface area contributed by atoms with Crippen LogP contribution in [-0.2, 0) is 0 Å². The van der Waals surface area contributed by atoms with Gasteiger partial charge in [0.25, 0.3) is 0 Å². The Morgan fingerprint density at radius 3 is 2.11 bits per heavy atom. The van der Waals surface area contributed by atoms with Crippen LogP contribution in [0.25, 0.3) is 0 Å². The molecule has 1 saturated heterocycles. The van der Waals surface area contributed by atoms with Gasteiger partial charge in [0, 0.05) is 18.1 Å². The molecule has 0 bridgehead atoms. The van der Waals surface area contributed by atoms with Crippen molar-refractivity contribution in [2.24, 2.45) is 5.92 Å². The highest BCUT2D eigenvalue weighted by atomic mass is 15.2. The van der Waals surface area contributed by atoms with Gasteiger partial charge < -0.3 is 10.2 Å². The van der Waals surface area contributed by atoms with Crippen LogP contribution in [0.1, 0.15) is 65.7 Å². The third-order valence-corrected chi connectivity index (χ3v) is 5.01. The summed E-state index contributed by atoms with van der Waals surface area (Å²) in [7, 11) is 0. The topological polar surface area (TPSA) is 15.3 Å². The smallest absolute Gasteiger partial charge is 0.00953 e. The summed E-state index contributed by atoms with van der Waals surface area (Å²) >= 11 is 0. The molecule has 1 aliphatic carbocycles. The Morgan fingerprint density at radius 1 is 0.778 bits per heavy atom. The molecule has 0 aromatic carbocycles. The fourth-order valence-electron chi connectivity index (χ4n) is 3.68. The van der Waals surface area contributed by atoms with Crippen molar-refractivity contribution in [1.29, 1.82) is 0 Å². The van der Waals surface area contributed by atoms with Crippen LogP contribution in [0.3, 0.4) is 0 Å². The summed E-state index contributed by atoms with van der Waals surface area (Å²) in [6.45, 7) is 9.73. The van der Waals surface area contributed by atoms with Gasteiger partial charge in [-0.05, 0) is 65.0 Å². The van der Waals surface area contributed by atoms with Crippen molar-refractivity contribution in [3.63, 3.8) is 0 Å². The van der Waals surface area contributed by atoms with Crippen LogP contribution >= 0.6 is 0 Å². The van der Waals surface area contributed by atoms with Crippen molar-refractivity contribution in [1.82, 2.24) is 10.2 Å². The molecular weight excluding hydrogens is 220 g/mol. The second-order valence-corrected chi connectivity index (χ2v) is 6.85. The largest absolute Gasteiger partial charge is 0.312 e. The summed E-state index contributed by atoms with van der Waals surface area (Å²) in [6.07, 6.45) is 9.87. The van der Waals surface area contributed by atoms with Crippen molar-refractivity contribution in [2.75, 3.05) is 13.1 Å². The highest BCUT2D eigenvalue weighted by Crippen LogP contribution is 2.26. The Kier molecular flexibility index (Phi) is 5.50. The van der Waals surface area contributed by atoms with Gasteiger partial charge in [0.15, 0.2) is 0 Å². The molecule has 18 heavy (non-hydrogen) atoms. The molecule has 0 spiro atoms. The summed E-state index contributed by atoms with van der Waals surface area (Å²) in [5, 5.41) is 3.70. The fourth-order valence-corrected chi connectivity index (χ4v) is 3.68. The van der Waals surface area contributed by atoms with Gasteiger partial charge in [-0.25, -0.2) is 0 Å². The van der Waals surface area contributed by atoms with Crippen molar-refractivity contribution >= 4 is 0 Å². The summed E-state index contributed by atoms with van der Waals surface area (Å²) < 4.78 is 0. The predicted octanol–water partition coefficient (Wildman–Crippen LogP) is 3.42. The minimum atomic E-state index is 0.688. The van der Waals surface area contributed by atoms with E-state index in [9.17, 15) is 0 Å². The minimum absolute atomic E-state index is 0.688. The van der Waals surface area contributed by atoms with E-state index in [0.717, 1.165) is 12.0 Å². The molecule has 1 saturated carbocycles. The van der Waals surface area contributed by atoms with E-state index in [0.29, 0.717) is 12.1 Å². The van der Waals surface area contributed by atoms with Crippen molar-refractivity contribution in [2.45, 2.75) is 83.8 Å². The van der Waals surface area contributed by atoms with Crippen LogP contribution < -0.4 is 5.32 Å². The maximum Gasteiger partial charge on any atom is 0.00953 e. The second-order valence-electron chi connectivity index (χ2n) is 6.85. The summed E-state index contributed by atoms with van der Waals surface area (Å²) in [6, 6.07) is 2.26. The van der Waals surface area contributed by atoms with E-state index < -0.39 is 0 Å². The van der Waals surface area contributed by atoms with Gasteiger partial charge in [-0.2, -0.15) is 0 Å². The lowest BCUT2D eigenvalue weighted by molar-refractivity contribution is 0.148. The van der Waals surface area contributed by atoms with Crippen molar-refractivity contribution in [3.05, 3.63) is 0 Å².